The van der Waals surface area contributed by atoms with Gasteiger partial charge >= 0.3 is 307 Å². The normalized spacial score (nSPS) is 17.1. The number of aromatic nitrogens is 5. The van der Waals surface area contributed by atoms with Crippen molar-refractivity contribution in [1.29, 1.82) is 0 Å². The monoisotopic (exact) mass is 1020 g/mol. The number of rotatable bonds is 7. The molecule has 6 aromatic carbocycles. The van der Waals surface area contributed by atoms with Crippen molar-refractivity contribution in [2.45, 2.75) is 59.3 Å². The summed E-state index contributed by atoms with van der Waals surface area (Å²) in [5.41, 5.74) is 7.19. The molecule has 6 nitrogen and oxygen atoms in total. The molecule has 1 aliphatic carbocycles. The van der Waals surface area contributed by atoms with E-state index in [2.05, 4.69) is 107 Å². The van der Waals surface area contributed by atoms with Crippen molar-refractivity contribution in [3.63, 3.8) is 0 Å². The molecule has 0 N–H and O–H groups in total. The van der Waals surface area contributed by atoms with E-state index in [-0.39, 0.29) is 49.9 Å². The zero-order valence-electron chi connectivity index (χ0n) is 46.2. The predicted octanol–water partition coefficient (Wildman–Crippen LogP) is 14.0. The van der Waals surface area contributed by atoms with Gasteiger partial charge in [-0.05, 0) is 45.9 Å². The Hall–Kier alpha value is -6.62. The molecule has 4 heterocycles. The van der Waals surface area contributed by atoms with E-state index in [0.717, 1.165) is 33.2 Å². The van der Waals surface area contributed by atoms with Crippen molar-refractivity contribution in [2.24, 2.45) is 5.41 Å². The number of aryl methyl sites for hydroxylation is 1. The van der Waals surface area contributed by atoms with Crippen LogP contribution in [0.2, 0.25) is 0 Å². The van der Waals surface area contributed by atoms with Gasteiger partial charge in [0, 0.05) is 6.20 Å². The SMILES string of the molecule is [2H]c1c([2H])c([2H])c(-c2cccc(-c3c([2H])c([2H])c([2H])c([2H])c3[2H])c2-n2[c](=[Pt])n(-c3[c-]c(Oc4[c-]c5c(cc4)c4cc6c(cc4n5-c4cc(C)ccn4)C(C)(C)C(C)(C)C6(C)C)cnc3)c3ccccc32)c([2H])c1[2H]. The van der Waals surface area contributed by atoms with Crippen LogP contribution in [0.4, 0.5) is 0 Å². The van der Waals surface area contributed by atoms with E-state index in [4.69, 9.17) is 23.4 Å². The van der Waals surface area contributed by atoms with Crippen molar-refractivity contribution >= 4 is 32.8 Å². The van der Waals surface area contributed by atoms with Gasteiger partial charge in [-0.1, -0.05) is 41.5 Å². The summed E-state index contributed by atoms with van der Waals surface area (Å²) in [5, 5.41) is 2.09. The molecular formula is C57H47N5OPt-2. The first-order valence-corrected chi connectivity index (χ1v) is 22.1. The van der Waals surface area contributed by atoms with Gasteiger partial charge in [0.1, 0.15) is 0 Å². The Morgan fingerprint density at radius 1 is 0.625 bits per heavy atom. The van der Waals surface area contributed by atoms with Crippen LogP contribution in [0.5, 0.6) is 11.5 Å². The van der Waals surface area contributed by atoms with Crippen molar-refractivity contribution in [3.8, 4) is 50.9 Å². The van der Waals surface area contributed by atoms with E-state index in [1.165, 1.54) is 11.1 Å². The fourth-order valence-corrected chi connectivity index (χ4v) is 10.6. The number of hydrogen-bond donors (Lipinski definition) is 0. The van der Waals surface area contributed by atoms with E-state index < -0.39 is 60.4 Å². The first kappa shape index (κ1) is 30.5. The van der Waals surface area contributed by atoms with Crippen molar-refractivity contribution in [3.05, 3.63) is 191 Å². The first-order chi connectivity index (χ1) is 35.0. The molecule has 1 aliphatic rings. The van der Waals surface area contributed by atoms with Crippen LogP contribution in [0.15, 0.2) is 158 Å². The fourth-order valence-electron chi connectivity index (χ4n) is 9.56. The maximum absolute atomic E-state index is 9.08. The molecule has 0 saturated heterocycles. The van der Waals surface area contributed by atoms with Crippen molar-refractivity contribution in [2.75, 3.05) is 0 Å². The third-order valence-electron chi connectivity index (χ3n) is 14.0. The molecule has 7 heteroatoms. The molecule has 0 aliphatic heterocycles. The molecule has 64 heavy (non-hydrogen) atoms. The van der Waals surface area contributed by atoms with Gasteiger partial charge in [0.15, 0.2) is 0 Å². The van der Waals surface area contributed by atoms with E-state index >= 15 is 0 Å². The van der Waals surface area contributed by atoms with Gasteiger partial charge < -0.3 is 0 Å². The average molecular weight is 1020 g/mol. The predicted molar refractivity (Wildman–Crippen MR) is 255 cm³/mol. The minimum atomic E-state index is -0.570. The third-order valence-corrected chi connectivity index (χ3v) is 15.0. The number of fused-ring (bicyclic) bond motifs is 5. The Morgan fingerprint density at radius 3 is 1.92 bits per heavy atom. The summed E-state index contributed by atoms with van der Waals surface area (Å²) in [7, 11) is 0. The Bertz CT molecular complexity index is 4010. The molecule has 0 amide bonds. The second-order valence-electron chi connectivity index (χ2n) is 17.9. The summed E-state index contributed by atoms with van der Waals surface area (Å²) in [6, 6.07) is 26.7. The first-order valence-electron chi connectivity index (χ1n) is 26.0. The molecule has 0 fully saturated rings. The van der Waals surface area contributed by atoms with Gasteiger partial charge in [-0.25, -0.2) is 0 Å². The van der Waals surface area contributed by atoms with Crippen molar-refractivity contribution < 1.29 is 37.8 Å². The average Bonchev–Trinajstić information content (AvgIpc) is 3.92. The maximum atomic E-state index is 9.08. The molecule has 0 bridgehead atoms. The van der Waals surface area contributed by atoms with E-state index in [1.807, 2.05) is 54.1 Å². The molecule has 10 aromatic rings. The molecule has 0 saturated carbocycles. The molecular weight excluding hydrogens is 966 g/mol. The van der Waals surface area contributed by atoms with E-state index in [0.29, 0.717) is 26.3 Å². The van der Waals surface area contributed by atoms with E-state index in [1.54, 1.807) is 35.2 Å². The van der Waals surface area contributed by atoms with Crippen LogP contribution in [-0.2, 0) is 30.2 Å². The van der Waals surface area contributed by atoms with E-state index in [9.17, 15) is 0 Å². The summed E-state index contributed by atoms with van der Waals surface area (Å²) in [6.07, 6.45) is 5.01. The molecule has 0 spiro atoms. The van der Waals surface area contributed by atoms with Crippen LogP contribution in [0.3, 0.4) is 0 Å². The summed E-state index contributed by atoms with van der Waals surface area (Å²) in [5.74, 6) is 1.45. The van der Waals surface area contributed by atoms with Gasteiger partial charge in [-0.3, -0.25) is 0 Å². The second kappa shape index (κ2) is 14.7. The fraction of sp³-hybridized carbons (Fsp3) is 0.175. The number of para-hydroxylation sites is 3. The zero-order chi connectivity index (χ0) is 52.8. The van der Waals surface area contributed by atoms with Crippen molar-refractivity contribution in [1.82, 2.24) is 23.7 Å². The van der Waals surface area contributed by atoms with Gasteiger partial charge in [0.25, 0.3) is 0 Å². The Morgan fingerprint density at radius 2 is 1.27 bits per heavy atom. The van der Waals surface area contributed by atoms with Gasteiger partial charge in [-0.15, -0.1) is 0 Å². The van der Waals surface area contributed by atoms with Crippen LogP contribution in [-0.4, -0.2) is 23.7 Å². The summed E-state index contributed by atoms with van der Waals surface area (Å²) >= 11 is 2.13. The number of pyridine rings is 2. The quantitative estimate of drug-likeness (QED) is 0.150. The number of hydrogen-bond acceptors (Lipinski definition) is 3. The summed E-state index contributed by atoms with van der Waals surface area (Å²) in [4.78, 5) is 9.49. The van der Waals surface area contributed by atoms with Crippen LogP contribution in [0.25, 0.3) is 72.3 Å². The van der Waals surface area contributed by atoms with Crippen LogP contribution in [0.1, 0.15) is 71.9 Å². The molecule has 0 radical (unpaired) electrons. The second-order valence-corrected chi connectivity index (χ2v) is 18.9. The summed E-state index contributed by atoms with van der Waals surface area (Å²) in [6.45, 7) is 16.1. The molecule has 4 aromatic heterocycles. The number of benzene rings is 6. The minimum absolute atomic E-state index is 0.0312. The molecule has 11 rings (SSSR count). The standard InChI is InChI=1S/C57H47N5O.Pt/c1-37-27-28-59-53(29-37)62-51-31-41(25-26-45(51)46-32-47-48(33-52(46)62)56(4,5)57(6,7)55(47,2)3)63-42-30-40(34-58-35-42)60-36-61(50-24-15-14-23-49(50)60)54-43(38-17-10-8-11-18-38)21-16-22-44(54)39-19-12-9-13-20-39;/h8-29,32-35H,1-7H3;/q-2;/i8D,9D,10D,11D,12D,13D,17D,18D,19D,20D;. The Balaban J connectivity index is 1.10. The molecule has 0 unspecified atom stereocenters. The third kappa shape index (κ3) is 5.99. The van der Waals surface area contributed by atoms with Crippen LogP contribution >= 0.6 is 0 Å². The van der Waals surface area contributed by atoms with Crippen LogP contribution in [0, 0.1) is 28.3 Å². The number of nitrogens with zero attached hydrogens (tertiary/aromatic N) is 5. The summed E-state index contributed by atoms with van der Waals surface area (Å²) < 4.78 is 101. The topological polar surface area (TPSA) is 49.8 Å². The molecule has 0 atom stereocenters. The number of ether oxygens (including phenoxy) is 1. The number of imidazole rings is 1. The van der Waals surface area contributed by atoms with Gasteiger partial charge in [-0.2, -0.15) is 0 Å². The van der Waals surface area contributed by atoms with Gasteiger partial charge in [0.05, 0.1) is 0 Å². The van der Waals surface area contributed by atoms with Crippen LogP contribution < -0.4 is 4.74 Å². The van der Waals surface area contributed by atoms with Gasteiger partial charge in [0.2, 0.25) is 0 Å². The Labute approximate surface area is 398 Å². The zero-order valence-corrected chi connectivity index (χ0v) is 38.5. The Kier molecular flexibility index (Phi) is 7.01. The molecule has 318 valence electrons.